The fourth-order valence-corrected chi connectivity index (χ4v) is 6.65. The Hall–Kier alpha value is -4.54. The van der Waals surface area contributed by atoms with Crippen LogP contribution in [0.1, 0.15) is 23.6 Å². The second-order valence-corrected chi connectivity index (χ2v) is 12.9. The van der Waals surface area contributed by atoms with Gasteiger partial charge in [0.2, 0.25) is 11.8 Å². The zero-order valence-electron chi connectivity index (χ0n) is 26.3. The summed E-state index contributed by atoms with van der Waals surface area (Å²) in [4.78, 5) is 29.6. The van der Waals surface area contributed by atoms with Crippen molar-refractivity contribution in [2.45, 2.75) is 37.8 Å². The summed E-state index contributed by atoms with van der Waals surface area (Å²) in [6.07, 6.45) is 0.210. The summed E-state index contributed by atoms with van der Waals surface area (Å²) in [5, 5.41) is 3.03. The number of carbonyl (C=O) groups excluding carboxylic acids is 2. The molecule has 4 aromatic rings. The number of halogens is 1. The quantitative estimate of drug-likeness (QED) is 0.187. The van der Waals surface area contributed by atoms with Crippen molar-refractivity contribution in [3.63, 3.8) is 0 Å². The molecule has 0 saturated heterocycles. The third-order valence-corrected chi connectivity index (χ3v) is 9.50. The summed E-state index contributed by atoms with van der Waals surface area (Å²) in [6, 6.07) is 26.5. The van der Waals surface area contributed by atoms with Crippen molar-refractivity contribution in [3.8, 4) is 11.5 Å². The van der Waals surface area contributed by atoms with E-state index in [9.17, 15) is 18.0 Å². The number of methoxy groups -OCH3 is 2. The van der Waals surface area contributed by atoms with E-state index in [1.165, 1.54) is 36.3 Å². The minimum Gasteiger partial charge on any atom is -0.497 e. The second kappa shape index (κ2) is 15.6. The highest BCUT2D eigenvalue weighted by molar-refractivity contribution is 7.92. The molecule has 0 aromatic heterocycles. The third-order valence-electron chi connectivity index (χ3n) is 7.42. The van der Waals surface area contributed by atoms with Crippen LogP contribution >= 0.6 is 11.6 Å². The molecule has 46 heavy (non-hydrogen) atoms. The molecule has 2 amide bonds. The third kappa shape index (κ3) is 8.38. The molecule has 1 N–H and O–H groups in total. The van der Waals surface area contributed by atoms with Crippen LogP contribution in [0.25, 0.3) is 0 Å². The zero-order valence-corrected chi connectivity index (χ0v) is 27.8. The highest BCUT2D eigenvalue weighted by Crippen LogP contribution is 2.32. The van der Waals surface area contributed by atoms with Crippen molar-refractivity contribution in [1.29, 1.82) is 0 Å². The predicted octanol–water partition coefficient (Wildman–Crippen LogP) is 5.64. The first-order chi connectivity index (χ1) is 22.1. The number of ether oxygens (including phenoxy) is 2. The van der Waals surface area contributed by atoms with Gasteiger partial charge in [0.15, 0.2) is 0 Å². The molecule has 9 nitrogen and oxygen atoms in total. The number of carbonyl (C=O) groups is 2. The second-order valence-electron chi connectivity index (χ2n) is 10.6. The van der Waals surface area contributed by atoms with Crippen molar-refractivity contribution in [2.24, 2.45) is 0 Å². The number of anilines is 1. The van der Waals surface area contributed by atoms with Gasteiger partial charge in [-0.3, -0.25) is 13.9 Å². The number of hydrogen-bond donors (Lipinski definition) is 1. The monoisotopic (exact) mass is 663 g/mol. The van der Waals surface area contributed by atoms with E-state index < -0.39 is 28.5 Å². The number of nitrogens with zero attached hydrogens (tertiary/aromatic N) is 2. The van der Waals surface area contributed by atoms with E-state index in [-0.39, 0.29) is 34.5 Å². The molecular formula is C35H38ClN3O6S. The molecule has 0 radical (unpaired) electrons. The SMILES string of the molecule is CCNC(=O)C(Cc1ccccc1)N(Cc1cccc(OC)c1)C(=O)CN(c1ccc(OC)c(Cl)c1)S(=O)(=O)c1ccc(C)cc1. The lowest BCUT2D eigenvalue weighted by molar-refractivity contribution is -0.140. The van der Waals surface area contributed by atoms with Crippen molar-refractivity contribution in [3.05, 3.63) is 119 Å². The van der Waals surface area contributed by atoms with E-state index in [1.807, 2.05) is 43.3 Å². The van der Waals surface area contributed by atoms with Gasteiger partial charge in [0, 0.05) is 19.5 Å². The van der Waals surface area contributed by atoms with E-state index in [2.05, 4.69) is 5.32 Å². The number of rotatable bonds is 14. The van der Waals surface area contributed by atoms with Gasteiger partial charge in [0.25, 0.3) is 10.0 Å². The first-order valence-corrected chi connectivity index (χ1v) is 16.6. The van der Waals surface area contributed by atoms with Gasteiger partial charge in [-0.15, -0.1) is 0 Å². The number of aryl methyl sites for hydroxylation is 1. The fourth-order valence-electron chi connectivity index (χ4n) is 4.99. The molecule has 0 aliphatic rings. The van der Waals surface area contributed by atoms with Crippen LogP contribution in [0.3, 0.4) is 0 Å². The van der Waals surface area contributed by atoms with Crippen LogP contribution in [0.4, 0.5) is 5.69 Å². The van der Waals surface area contributed by atoms with Crippen LogP contribution in [0, 0.1) is 6.92 Å². The molecule has 0 spiro atoms. The number of sulfonamides is 1. The van der Waals surface area contributed by atoms with Crippen molar-refractivity contribution in [1.82, 2.24) is 10.2 Å². The maximum Gasteiger partial charge on any atom is 0.264 e. The van der Waals surface area contributed by atoms with Crippen LogP contribution in [-0.4, -0.2) is 58.5 Å². The number of benzene rings is 4. The first kappa shape index (κ1) is 34.3. The van der Waals surface area contributed by atoms with Crippen molar-refractivity contribution in [2.75, 3.05) is 31.6 Å². The van der Waals surface area contributed by atoms with Gasteiger partial charge in [0.05, 0.1) is 29.8 Å². The van der Waals surface area contributed by atoms with Gasteiger partial charge in [-0.1, -0.05) is 71.8 Å². The summed E-state index contributed by atoms with van der Waals surface area (Å²) >= 11 is 6.44. The molecule has 0 heterocycles. The highest BCUT2D eigenvalue weighted by atomic mass is 35.5. The summed E-state index contributed by atoms with van der Waals surface area (Å²) < 4.78 is 40.1. The van der Waals surface area contributed by atoms with E-state index in [1.54, 1.807) is 50.4 Å². The van der Waals surface area contributed by atoms with Gasteiger partial charge in [-0.05, 0) is 67.4 Å². The minimum absolute atomic E-state index is 0.00162. The molecule has 0 fully saturated rings. The molecule has 1 atom stereocenters. The fraction of sp³-hybridized carbons (Fsp3) is 0.257. The lowest BCUT2D eigenvalue weighted by Crippen LogP contribution is -2.53. The van der Waals surface area contributed by atoms with Gasteiger partial charge in [-0.25, -0.2) is 8.42 Å². The highest BCUT2D eigenvalue weighted by Gasteiger charge is 2.34. The average Bonchev–Trinajstić information content (AvgIpc) is 3.05. The van der Waals surface area contributed by atoms with Crippen LogP contribution in [-0.2, 0) is 32.6 Å². The smallest absolute Gasteiger partial charge is 0.264 e. The summed E-state index contributed by atoms with van der Waals surface area (Å²) in [5.74, 6) is -0.0112. The molecule has 0 aliphatic carbocycles. The maximum absolute atomic E-state index is 14.5. The normalized spacial score (nSPS) is 11.8. The molecule has 4 rings (SSSR count). The largest absolute Gasteiger partial charge is 0.497 e. The topological polar surface area (TPSA) is 105 Å². The Balaban J connectivity index is 1.83. The molecule has 1 unspecified atom stereocenters. The molecule has 4 aromatic carbocycles. The predicted molar refractivity (Wildman–Crippen MR) is 180 cm³/mol. The molecule has 242 valence electrons. The molecule has 0 aliphatic heterocycles. The Kier molecular flexibility index (Phi) is 11.7. The minimum atomic E-state index is -4.27. The number of hydrogen-bond acceptors (Lipinski definition) is 6. The van der Waals surface area contributed by atoms with Crippen LogP contribution < -0.4 is 19.1 Å². The zero-order chi connectivity index (χ0) is 33.3. The van der Waals surface area contributed by atoms with Gasteiger partial charge in [0.1, 0.15) is 24.1 Å². The van der Waals surface area contributed by atoms with Gasteiger partial charge < -0.3 is 19.7 Å². The lowest BCUT2D eigenvalue weighted by Gasteiger charge is -2.34. The van der Waals surface area contributed by atoms with E-state index in [4.69, 9.17) is 21.1 Å². The Morgan fingerprint density at radius 2 is 1.57 bits per heavy atom. The Bertz CT molecular complexity index is 1750. The van der Waals surface area contributed by atoms with Gasteiger partial charge in [-0.2, -0.15) is 0 Å². The van der Waals surface area contributed by atoms with Crippen LogP contribution in [0.15, 0.2) is 102 Å². The first-order valence-electron chi connectivity index (χ1n) is 14.7. The van der Waals surface area contributed by atoms with Crippen LogP contribution in [0.2, 0.25) is 5.02 Å². The summed E-state index contributed by atoms with van der Waals surface area (Å²) in [6.45, 7) is 3.42. The Morgan fingerprint density at radius 3 is 2.20 bits per heavy atom. The summed E-state index contributed by atoms with van der Waals surface area (Å²) in [7, 11) is -1.27. The lowest BCUT2D eigenvalue weighted by atomic mass is 10.0. The molecule has 0 bridgehead atoms. The Labute approximate surface area is 275 Å². The van der Waals surface area contributed by atoms with Crippen LogP contribution in [0.5, 0.6) is 11.5 Å². The number of likely N-dealkylation sites (N-methyl/N-ethyl adjacent to an activating group) is 1. The van der Waals surface area contributed by atoms with E-state index in [0.29, 0.717) is 23.6 Å². The van der Waals surface area contributed by atoms with Crippen molar-refractivity contribution < 1.29 is 27.5 Å². The molecule has 11 heteroatoms. The average molecular weight is 664 g/mol. The maximum atomic E-state index is 14.5. The molecule has 0 saturated carbocycles. The Morgan fingerprint density at radius 1 is 0.870 bits per heavy atom. The molecular weight excluding hydrogens is 626 g/mol. The van der Waals surface area contributed by atoms with E-state index >= 15 is 0 Å². The number of nitrogens with one attached hydrogen (secondary N) is 1. The van der Waals surface area contributed by atoms with Crippen molar-refractivity contribution >= 4 is 39.1 Å². The standard InChI is InChI=1S/C35H38ClN3O6S/c1-5-37-35(41)32(21-26-10-7-6-8-11-26)38(23-27-12-9-13-29(20-27)44-3)34(40)24-39(28-16-19-33(45-4)31(36)22-28)46(42,43)30-17-14-25(2)15-18-30/h6-20,22,32H,5,21,23-24H2,1-4H3,(H,37,41). The van der Waals surface area contributed by atoms with Gasteiger partial charge >= 0.3 is 0 Å². The number of amides is 2. The van der Waals surface area contributed by atoms with E-state index in [0.717, 1.165) is 15.4 Å². The summed E-state index contributed by atoms with van der Waals surface area (Å²) in [5.41, 5.74) is 2.59.